The molecule has 0 unspecified atom stereocenters. The number of methoxy groups -OCH3 is 1. The summed E-state index contributed by atoms with van der Waals surface area (Å²) >= 11 is 0.760. The molecule has 2 rings (SSSR count). The second kappa shape index (κ2) is 6.30. The van der Waals surface area contributed by atoms with Crippen LogP contribution < -0.4 is 5.32 Å². The van der Waals surface area contributed by atoms with E-state index >= 15 is 0 Å². The molecule has 118 valence electrons. The van der Waals surface area contributed by atoms with Crippen molar-refractivity contribution in [1.82, 2.24) is 4.98 Å². The molecule has 1 aromatic heterocycles. The minimum Gasteiger partial charge on any atom is -0.465 e. The van der Waals surface area contributed by atoms with Gasteiger partial charge in [-0.05, 0) is 18.2 Å². The largest absolute Gasteiger partial charge is 0.465 e. The minimum atomic E-state index is -4.52. The molecular weight excluding hydrogens is 324 g/mol. The van der Waals surface area contributed by atoms with Crippen molar-refractivity contribution in [3.8, 4) is 0 Å². The van der Waals surface area contributed by atoms with Crippen LogP contribution in [0, 0.1) is 5.82 Å². The number of benzene rings is 1. The fraction of sp³-hybridized carbons (Fsp3) is 0.231. The summed E-state index contributed by atoms with van der Waals surface area (Å²) in [6.45, 7) is -0.110. The second-order valence-electron chi connectivity index (χ2n) is 4.19. The molecule has 1 N–H and O–H groups in total. The quantitative estimate of drug-likeness (QED) is 0.684. The van der Waals surface area contributed by atoms with Gasteiger partial charge in [-0.25, -0.2) is 14.2 Å². The predicted octanol–water partition coefficient (Wildman–Crippen LogP) is 3.70. The Morgan fingerprint density at radius 3 is 2.73 bits per heavy atom. The molecule has 0 spiro atoms. The number of carbonyl (C=O) groups excluding carboxylic acids is 1. The number of ether oxygens (including phenoxy) is 1. The van der Waals surface area contributed by atoms with Crippen molar-refractivity contribution in [2.45, 2.75) is 12.7 Å². The van der Waals surface area contributed by atoms with Crippen LogP contribution in [0.3, 0.4) is 0 Å². The van der Waals surface area contributed by atoms with Gasteiger partial charge in [-0.2, -0.15) is 13.2 Å². The first kappa shape index (κ1) is 16.2. The molecule has 4 nitrogen and oxygen atoms in total. The molecule has 0 bridgehead atoms. The molecule has 0 atom stereocenters. The van der Waals surface area contributed by atoms with Gasteiger partial charge >= 0.3 is 12.1 Å². The van der Waals surface area contributed by atoms with E-state index in [4.69, 9.17) is 0 Å². The number of hydrogen-bond donors (Lipinski definition) is 1. The molecule has 9 heteroatoms. The lowest BCUT2D eigenvalue weighted by atomic mass is 10.1. The highest BCUT2D eigenvalue weighted by Gasteiger charge is 2.33. The van der Waals surface area contributed by atoms with Crippen LogP contribution in [0.5, 0.6) is 0 Å². The van der Waals surface area contributed by atoms with E-state index in [-0.39, 0.29) is 22.8 Å². The van der Waals surface area contributed by atoms with Crippen LogP contribution in [0.4, 0.5) is 22.7 Å². The monoisotopic (exact) mass is 334 g/mol. The number of carbonyl (C=O) groups is 1. The molecular formula is C13H10F4N2O2S. The van der Waals surface area contributed by atoms with Gasteiger partial charge < -0.3 is 10.1 Å². The Morgan fingerprint density at radius 2 is 2.14 bits per heavy atom. The van der Waals surface area contributed by atoms with Crippen molar-refractivity contribution in [2.75, 3.05) is 12.4 Å². The minimum absolute atomic E-state index is 0.00944. The van der Waals surface area contributed by atoms with Crippen LogP contribution >= 0.6 is 11.3 Å². The Labute approximate surface area is 126 Å². The van der Waals surface area contributed by atoms with Gasteiger partial charge in [0.2, 0.25) is 0 Å². The number of nitrogens with one attached hydrogen (secondary N) is 1. The molecule has 0 fully saturated rings. The zero-order chi connectivity index (χ0) is 16.3. The van der Waals surface area contributed by atoms with Crippen molar-refractivity contribution in [3.63, 3.8) is 0 Å². The van der Waals surface area contributed by atoms with E-state index in [2.05, 4.69) is 15.0 Å². The molecule has 22 heavy (non-hydrogen) atoms. The molecule has 0 aliphatic rings. The lowest BCUT2D eigenvalue weighted by Gasteiger charge is -2.07. The maximum absolute atomic E-state index is 13.6. The number of nitrogens with zero attached hydrogens (tertiary/aromatic N) is 1. The Bertz CT molecular complexity index is 685. The predicted molar refractivity (Wildman–Crippen MR) is 72.2 cm³/mol. The fourth-order valence-corrected chi connectivity index (χ4v) is 2.33. The molecule has 0 saturated heterocycles. The third-order valence-electron chi connectivity index (χ3n) is 2.69. The number of aromatic nitrogens is 1. The number of anilines is 1. The summed E-state index contributed by atoms with van der Waals surface area (Å²) in [6.07, 6.45) is -4.52. The third kappa shape index (κ3) is 3.73. The maximum Gasteiger partial charge on any atom is 0.434 e. The van der Waals surface area contributed by atoms with Gasteiger partial charge in [-0.3, -0.25) is 0 Å². The highest BCUT2D eigenvalue weighted by Crippen LogP contribution is 2.31. The van der Waals surface area contributed by atoms with Crippen LogP contribution in [0.1, 0.15) is 21.6 Å². The third-order valence-corrected chi connectivity index (χ3v) is 3.49. The zero-order valence-corrected chi connectivity index (χ0v) is 12.0. The summed E-state index contributed by atoms with van der Waals surface area (Å²) in [6, 6.07) is 3.62. The summed E-state index contributed by atoms with van der Waals surface area (Å²) in [5.74, 6) is -1.22. The van der Waals surface area contributed by atoms with Crippen molar-refractivity contribution in [3.05, 3.63) is 46.2 Å². The van der Waals surface area contributed by atoms with Gasteiger partial charge in [0.1, 0.15) is 5.82 Å². The number of hydrogen-bond acceptors (Lipinski definition) is 5. The highest BCUT2D eigenvalue weighted by atomic mass is 32.1. The molecule has 1 heterocycles. The topological polar surface area (TPSA) is 51.2 Å². The van der Waals surface area contributed by atoms with E-state index in [9.17, 15) is 22.4 Å². The first-order valence-electron chi connectivity index (χ1n) is 5.94. The number of esters is 1. The van der Waals surface area contributed by atoms with Gasteiger partial charge in [0, 0.05) is 17.5 Å². The smallest absolute Gasteiger partial charge is 0.434 e. The van der Waals surface area contributed by atoms with Gasteiger partial charge in [-0.1, -0.05) is 0 Å². The number of thiazole rings is 1. The Balaban J connectivity index is 2.11. The van der Waals surface area contributed by atoms with E-state index in [0.717, 1.165) is 22.8 Å². The average molecular weight is 334 g/mol. The van der Waals surface area contributed by atoms with Gasteiger partial charge in [0.15, 0.2) is 10.8 Å². The summed E-state index contributed by atoms with van der Waals surface area (Å²) in [7, 11) is 1.19. The molecule has 0 radical (unpaired) electrons. The van der Waals surface area contributed by atoms with Crippen molar-refractivity contribution in [2.24, 2.45) is 0 Å². The van der Waals surface area contributed by atoms with Crippen LogP contribution in [0.2, 0.25) is 0 Å². The van der Waals surface area contributed by atoms with Crippen LogP contribution in [0.15, 0.2) is 23.6 Å². The zero-order valence-electron chi connectivity index (χ0n) is 11.2. The SMILES string of the molecule is COC(=O)c1ccc(F)c(CNc2nc(C(F)(F)F)cs2)c1. The lowest BCUT2D eigenvalue weighted by molar-refractivity contribution is -0.140. The first-order chi connectivity index (χ1) is 10.3. The molecule has 0 amide bonds. The maximum atomic E-state index is 13.6. The summed E-state index contributed by atoms with van der Waals surface area (Å²) in [5, 5.41) is 3.47. The van der Waals surface area contributed by atoms with Crippen molar-refractivity contribution >= 4 is 22.4 Å². The van der Waals surface area contributed by atoms with Gasteiger partial charge in [0.05, 0.1) is 12.7 Å². The van der Waals surface area contributed by atoms with E-state index in [0.29, 0.717) is 0 Å². The summed E-state index contributed by atoms with van der Waals surface area (Å²) in [4.78, 5) is 14.7. The van der Waals surface area contributed by atoms with E-state index in [1.165, 1.54) is 19.2 Å². The molecule has 0 aliphatic carbocycles. The van der Waals surface area contributed by atoms with Gasteiger partial charge in [0.25, 0.3) is 0 Å². The highest BCUT2D eigenvalue weighted by molar-refractivity contribution is 7.13. The molecule has 0 saturated carbocycles. The van der Waals surface area contributed by atoms with Crippen LogP contribution in [-0.2, 0) is 17.5 Å². The van der Waals surface area contributed by atoms with Crippen molar-refractivity contribution < 1.29 is 27.1 Å². The Hall–Kier alpha value is -2.16. The van der Waals surface area contributed by atoms with E-state index < -0.39 is 23.7 Å². The van der Waals surface area contributed by atoms with E-state index in [1.807, 2.05) is 0 Å². The number of rotatable bonds is 4. The summed E-state index contributed by atoms with van der Waals surface area (Å²) in [5.41, 5.74) is -0.744. The van der Waals surface area contributed by atoms with Crippen molar-refractivity contribution in [1.29, 1.82) is 0 Å². The number of halogens is 4. The Morgan fingerprint density at radius 1 is 1.41 bits per heavy atom. The van der Waals surface area contributed by atoms with E-state index in [1.54, 1.807) is 0 Å². The normalized spacial score (nSPS) is 11.3. The number of alkyl halides is 3. The molecule has 2 aromatic rings. The summed E-state index contributed by atoms with van der Waals surface area (Å²) < 4.78 is 55.4. The van der Waals surface area contributed by atoms with Crippen LogP contribution in [0.25, 0.3) is 0 Å². The Kier molecular flexibility index (Phi) is 4.65. The first-order valence-corrected chi connectivity index (χ1v) is 6.82. The molecule has 1 aromatic carbocycles. The second-order valence-corrected chi connectivity index (χ2v) is 5.05. The molecule has 0 aliphatic heterocycles. The fourth-order valence-electron chi connectivity index (χ4n) is 1.61. The lowest BCUT2D eigenvalue weighted by Crippen LogP contribution is -2.08. The van der Waals surface area contributed by atoms with Gasteiger partial charge in [-0.15, -0.1) is 11.3 Å². The van der Waals surface area contributed by atoms with Crippen LogP contribution in [-0.4, -0.2) is 18.1 Å². The standard InChI is InChI=1S/C13H10F4N2O2S/c1-21-11(20)7-2-3-9(14)8(4-7)5-18-12-19-10(6-22-12)13(15,16)17/h2-4,6H,5H2,1H3,(H,18,19). The average Bonchev–Trinajstić information content (AvgIpc) is 2.94.